The number of benzene rings is 1. The predicted molar refractivity (Wildman–Crippen MR) is 84.1 cm³/mol. The second kappa shape index (κ2) is 9.38. The summed E-state index contributed by atoms with van der Waals surface area (Å²) >= 11 is 1.28. The highest BCUT2D eigenvalue weighted by molar-refractivity contribution is 8.00. The molecule has 0 aliphatic carbocycles. The molecule has 0 saturated carbocycles. The zero-order valence-electron chi connectivity index (χ0n) is 12.0. The molecule has 2 amide bonds. The Morgan fingerprint density at radius 2 is 2.10 bits per heavy atom. The van der Waals surface area contributed by atoms with Crippen LogP contribution in [0.4, 0.5) is 5.69 Å². The lowest BCUT2D eigenvalue weighted by Gasteiger charge is -2.14. The van der Waals surface area contributed by atoms with Gasteiger partial charge in [0.25, 0.3) is 0 Å². The molecule has 0 radical (unpaired) electrons. The van der Waals surface area contributed by atoms with Gasteiger partial charge < -0.3 is 21.5 Å². The molecular weight excluding hydrogens is 290 g/mol. The Labute approximate surface area is 128 Å². The van der Waals surface area contributed by atoms with Crippen molar-refractivity contribution in [3.63, 3.8) is 0 Å². The Morgan fingerprint density at radius 3 is 2.76 bits per heavy atom. The van der Waals surface area contributed by atoms with E-state index in [1.165, 1.54) is 11.8 Å². The Hall–Kier alpha value is -1.57. The minimum absolute atomic E-state index is 0.160. The summed E-state index contributed by atoms with van der Waals surface area (Å²) in [5.41, 5.74) is 11.6. The van der Waals surface area contributed by atoms with Crippen LogP contribution < -0.4 is 16.8 Å². The quantitative estimate of drug-likeness (QED) is 0.465. The lowest BCUT2D eigenvalue weighted by Crippen LogP contribution is -2.35. The van der Waals surface area contributed by atoms with Gasteiger partial charge in [-0.25, -0.2) is 0 Å². The molecule has 1 rings (SSSR count). The molecule has 0 spiro atoms. The molecule has 7 heteroatoms. The maximum Gasteiger partial charge on any atom is 0.241 e. The van der Waals surface area contributed by atoms with Crippen LogP contribution in [-0.2, 0) is 14.3 Å². The van der Waals surface area contributed by atoms with Gasteiger partial charge in [-0.05, 0) is 25.0 Å². The lowest BCUT2D eigenvalue weighted by atomic mass is 10.1. The van der Waals surface area contributed by atoms with E-state index >= 15 is 0 Å². The molecule has 21 heavy (non-hydrogen) atoms. The number of primary amides is 1. The number of para-hydroxylation sites is 1. The van der Waals surface area contributed by atoms with Crippen molar-refractivity contribution < 1.29 is 14.3 Å². The summed E-state index contributed by atoms with van der Waals surface area (Å²) < 4.78 is 4.93. The molecule has 116 valence electrons. The highest BCUT2D eigenvalue weighted by atomic mass is 32.2. The first-order valence-corrected chi connectivity index (χ1v) is 7.58. The molecule has 0 saturated heterocycles. The third-order valence-corrected chi connectivity index (χ3v) is 3.81. The van der Waals surface area contributed by atoms with Crippen LogP contribution in [0.3, 0.4) is 0 Å². The van der Waals surface area contributed by atoms with Gasteiger partial charge in [-0.2, -0.15) is 0 Å². The maximum atomic E-state index is 12.0. The maximum absolute atomic E-state index is 12.0. The number of amides is 2. The topological polar surface area (TPSA) is 107 Å². The number of methoxy groups -OCH3 is 1. The molecule has 1 aromatic carbocycles. The SMILES string of the molecule is COCCCC(N)C(=O)Nc1ccccc1SCC(N)=O. The largest absolute Gasteiger partial charge is 0.385 e. The lowest BCUT2D eigenvalue weighted by molar-refractivity contribution is -0.117. The second-order valence-electron chi connectivity index (χ2n) is 4.48. The number of carbonyl (C=O) groups excluding carboxylic acids is 2. The molecule has 1 aromatic rings. The number of nitrogens with two attached hydrogens (primary N) is 2. The Kier molecular flexibility index (Phi) is 7.81. The van der Waals surface area contributed by atoms with Gasteiger partial charge in [-0.3, -0.25) is 9.59 Å². The average Bonchev–Trinajstić information content (AvgIpc) is 2.46. The predicted octanol–water partition coefficient (Wildman–Crippen LogP) is 0.956. The summed E-state index contributed by atoms with van der Waals surface area (Å²) in [6.45, 7) is 0.575. The van der Waals surface area contributed by atoms with Crippen molar-refractivity contribution in [2.75, 3.05) is 24.8 Å². The van der Waals surface area contributed by atoms with E-state index in [1.54, 1.807) is 19.2 Å². The molecule has 0 bridgehead atoms. The Balaban J connectivity index is 2.60. The minimum atomic E-state index is -0.589. The van der Waals surface area contributed by atoms with Gasteiger partial charge in [0.1, 0.15) is 0 Å². The molecule has 1 atom stereocenters. The van der Waals surface area contributed by atoms with Gasteiger partial charge in [-0.15, -0.1) is 11.8 Å². The van der Waals surface area contributed by atoms with Crippen molar-refractivity contribution >= 4 is 29.3 Å². The zero-order chi connectivity index (χ0) is 15.7. The number of ether oxygens (including phenoxy) is 1. The number of thioether (sulfide) groups is 1. The number of anilines is 1. The monoisotopic (exact) mass is 311 g/mol. The van der Waals surface area contributed by atoms with Crippen LogP contribution >= 0.6 is 11.8 Å². The van der Waals surface area contributed by atoms with E-state index in [2.05, 4.69) is 5.32 Å². The highest BCUT2D eigenvalue weighted by Gasteiger charge is 2.15. The average molecular weight is 311 g/mol. The van der Waals surface area contributed by atoms with Crippen molar-refractivity contribution in [3.05, 3.63) is 24.3 Å². The smallest absolute Gasteiger partial charge is 0.241 e. The molecular formula is C14H21N3O3S. The molecule has 0 aliphatic rings. The fourth-order valence-corrected chi connectivity index (χ4v) is 2.40. The highest BCUT2D eigenvalue weighted by Crippen LogP contribution is 2.26. The van der Waals surface area contributed by atoms with E-state index in [0.717, 1.165) is 11.3 Å². The van der Waals surface area contributed by atoms with E-state index in [1.807, 2.05) is 12.1 Å². The molecule has 0 heterocycles. The van der Waals surface area contributed by atoms with E-state index in [0.29, 0.717) is 18.7 Å². The first kappa shape index (κ1) is 17.5. The van der Waals surface area contributed by atoms with E-state index in [9.17, 15) is 9.59 Å². The number of hydrogen-bond acceptors (Lipinski definition) is 5. The van der Waals surface area contributed by atoms with Crippen LogP contribution in [0.1, 0.15) is 12.8 Å². The summed E-state index contributed by atoms with van der Waals surface area (Å²) in [7, 11) is 1.61. The Morgan fingerprint density at radius 1 is 1.38 bits per heavy atom. The van der Waals surface area contributed by atoms with Crippen molar-refractivity contribution in [3.8, 4) is 0 Å². The summed E-state index contributed by atoms with van der Waals surface area (Å²) in [6, 6.07) is 6.63. The van der Waals surface area contributed by atoms with Crippen molar-refractivity contribution in [1.29, 1.82) is 0 Å². The standard InChI is InChI=1S/C14H21N3O3S/c1-20-8-4-5-10(15)14(19)17-11-6-2-3-7-12(11)21-9-13(16)18/h2-3,6-7,10H,4-5,8-9,15H2,1H3,(H2,16,18)(H,17,19). The molecule has 5 N–H and O–H groups in total. The number of carbonyl (C=O) groups is 2. The minimum Gasteiger partial charge on any atom is -0.385 e. The van der Waals surface area contributed by atoms with E-state index in [4.69, 9.17) is 16.2 Å². The summed E-state index contributed by atoms with van der Waals surface area (Å²) in [5.74, 6) is -0.497. The molecule has 0 aromatic heterocycles. The summed E-state index contributed by atoms with van der Waals surface area (Å²) in [5, 5.41) is 2.78. The van der Waals surface area contributed by atoms with Crippen molar-refractivity contribution in [2.45, 2.75) is 23.8 Å². The van der Waals surface area contributed by atoms with Crippen LogP contribution in [0.2, 0.25) is 0 Å². The van der Waals surface area contributed by atoms with Gasteiger partial charge in [0.15, 0.2) is 0 Å². The van der Waals surface area contributed by atoms with Crippen LogP contribution in [0.25, 0.3) is 0 Å². The van der Waals surface area contributed by atoms with Crippen LogP contribution in [0, 0.1) is 0 Å². The van der Waals surface area contributed by atoms with Gasteiger partial charge in [0.05, 0.1) is 17.5 Å². The fourth-order valence-electron chi connectivity index (χ4n) is 1.65. The first-order valence-electron chi connectivity index (χ1n) is 6.60. The van der Waals surface area contributed by atoms with Crippen LogP contribution in [0.5, 0.6) is 0 Å². The first-order chi connectivity index (χ1) is 10.0. The fraction of sp³-hybridized carbons (Fsp3) is 0.429. The third kappa shape index (κ3) is 6.61. The van der Waals surface area contributed by atoms with Gasteiger partial charge >= 0.3 is 0 Å². The second-order valence-corrected chi connectivity index (χ2v) is 5.50. The number of rotatable bonds is 9. The normalized spacial score (nSPS) is 11.9. The van der Waals surface area contributed by atoms with Crippen molar-refractivity contribution in [1.82, 2.24) is 0 Å². The Bertz CT molecular complexity index is 482. The summed E-state index contributed by atoms with van der Waals surface area (Å²) in [4.78, 5) is 23.6. The van der Waals surface area contributed by atoms with Gasteiger partial charge in [0, 0.05) is 18.6 Å². The molecule has 0 fully saturated rings. The van der Waals surface area contributed by atoms with Crippen LogP contribution in [0.15, 0.2) is 29.2 Å². The molecule has 6 nitrogen and oxygen atoms in total. The van der Waals surface area contributed by atoms with Crippen LogP contribution in [-0.4, -0.2) is 37.3 Å². The van der Waals surface area contributed by atoms with E-state index in [-0.39, 0.29) is 11.7 Å². The third-order valence-electron chi connectivity index (χ3n) is 2.72. The number of hydrogen-bond donors (Lipinski definition) is 3. The van der Waals surface area contributed by atoms with E-state index < -0.39 is 11.9 Å². The molecule has 1 unspecified atom stereocenters. The van der Waals surface area contributed by atoms with Gasteiger partial charge in [-0.1, -0.05) is 12.1 Å². The molecule has 0 aliphatic heterocycles. The van der Waals surface area contributed by atoms with Crippen molar-refractivity contribution in [2.24, 2.45) is 11.5 Å². The zero-order valence-corrected chi connectivity index (χ0v) is 12.8. The number of nitrogens with one attached hydrogen (secondary N) is 1. The summed E-state index contributed by atoms with van der Waals surface area (Å²) in [6.07, 6.45) is 1.28. The van der Waals surface area contributed by atoms with Gasteiger partial charge in [0.2, 0.25) is 11.8 Å².